The normalized spacial score (nSPS) is 15.1. The lowest BCUT2D eigenvalue weighted by Gasteiger charge is -2.18. The Balaban J connectivity index is 1.78. The van der Waals surface area contributed by atoms with Gasteiger partial charge in [0.15, 0.2) is 5.71 Å². The number of hydrogen-bond donors (Lipinski definition) is 0. The van der Waals surface area contributed by atoms with Gasteiger partial charge < -0.3 is 4.90 Å². The van der Waals surface area contributed by atoms with Crippen LogP contribution in [-0.4, -0.2) is 50.3 Å². The molecule has 32 heavy (non-hydrogen) atoms. The van der Waals surface area contributed by atoms with Crippen molar-refractivity contribution >= 4 is 34.5 Å². The van der Waals surface area contributed by atoms with Crippen LogP contribution >= 0.6 is 0 Å². The number of anilines is 2. The maximum Gasteiger partial charge on any atom is 0.258 e. The molecule has 0 saturated carbocycles. The molecule has 2 aromatic rings. The maximum absolute atomic E-state index is 12.0. The highest BCUT2D eigenvalue weighted by Gasteiger charge is 2.25. The Kier molecular flexibility index (Phi) is 5.73. The van der Waals surface area contributed by atoms with E-state index in [2.05, 4.69) is 58.0 Å². The molecule has 1 aliphatic heterocycles. The number of carbonyl (C=O) groups excluding carboxylic acids is 2. The predicted molar refractivity (Wildman–Crippen MR) is 130 cm³/mol. The van der Waals surface area contributed by atoms with Crippen LogP contribution in [0.2, 0.25) is 0 Å². The molecule has 2 aliphatic rings. The minimum Gasteiger partial charge on any atom is -0.378 e. The third-order valence-corrected chi connectivity index (χ3v) is 5.57. The van der Waals surface area contributed by atoms with E-state index in [0.29, 0.717) is 5.69 Å². The average Bonchev–Trinajstić information content (AvgIpc) is 3.13. The van der Waals surface area contributed by atoms with E-state index in [4.69, 9.17) is 0 Å². The first kappa shape index (κ1) is 21.2. The molecule has 0 unspecified atom stereocenters. The molecular weight excluding hydrogens is 398 g/mol. The van der Waals surface area contributed by atoms with Crippen molar-refractivity contribution in [2.24, 2.45) is 0 Å². The summed E-state index contributed by atoms with van der Waals surface area (Å²) in [7, 11) is 8.09. The van der Waals surface area contributed by atoms with Crippen molar-refractivity contribution in [3.05, 3.63) is 102 Å². The Morgan fingerprint density at radius 3 is 1.69 bits per heavy atom. The van der Waals surface area contributed by atoms with Crippen LogP contribution in [0.1, 0.15) is 11.1 Å². The van der Waals surface area contributed by atoms with E-state index in [0.717, 1.165) is 33.7 Å². The number of carbonyl (C=O) groups is 2. The second-order valence-electron chi connectivity index (χ2n) is 8.15. The Morgan fingerprint density at radius 1 is 0.719 bits per heavy atom. The lowest BCUT2D eigenvalue weighted by Crippen LogP contribution is -2.29. The molecule has 0 atom stereocenters. The van der Waals surface area contributed by atoms with Gasteiger partial charge in [-0.05, 0) is 58.7 Å². The first-order valence-electron chi connectivity index (χ1n) is 10.4. The fourth-order valence-corrected chi connectivity index (χ4v) is 3.78. The van der Waals surface area contributed by atoms with Gasteiger partial charge in [0.1, 0.15) is 14.1 Å². The number of rotatable bonds is 4. The van der Waals surface area contributed by atoms with Crippen LogP contribution in [0.25, 0.3) is 5.57 Å². The molecule has 0 saturated heterocycles. The van der Waals surface area contributed by atoms with E-state index >= 15 is 0 Å². The summed E-state index contributed by atoms with van der Waals surface area (Å²) in [5.74, 6) is -0.629. The van der Waals surface area contributed by atoms with E-state index in [9.17, 15) is 9.59 Å². The predicted octanol–water partition coefficient (Wildman–Crippen LogP) is 3.82. The van der Waals surface area contributed by atoms with Gasteiger partial charge in [0.2, 0.25) is 0 Å². The highest BCUT2D eigenvalue weighted by atomic mass is 16.2. The number of allylic oxidation sites excluding steroid dienone is 5. The number of nitrogens with zero attached hydrogens (tertiary/aromatic N) is 3. The zero-order valence-corrected chi connectivity index (χ0v) is 18.7. The SMILES string of the molecule is CN(C)c1ccc(C(=C2C=CC(=[N+](C)C)C=C2)c2ccc(N3C(=O)C=CC3=O)cc2)cc1. The lowest BCUT2D eigenvalue weighted by atomic mass is 9.90. The molecule has 0 fully saturated rings. The first-order valence-corrected chi connectivity index (χ1v) is 10.4. The second kappa shape index (κ2) is 8.63. The summed E-state index contributed by atoms with van der Waals surface area (Å²) in [4.78, 5) is 27.3. The van der Waals surface area contributed by atoms with Gasteiger partial charge in [-0.15, -0.1) is 0 Å². The molecule has 5 heteroatoms. The van der Waals surface area contributed by atoms with E-state index < -0.39 is 0 Å². The topological polar surface area (TPSA) is 43.6 Å². The second-order valence-corrected chi connectivity index (χ2v) is 8.15. The van der Waals surface area contributed by atoms with E-state index in [-0.39, 0.29) is 11.8 Å². The zero-order chi connectivity index (χ0) is 22.8. The quantitative estimate of drug-likeness (QED) is 0.554. The van der Waals surface area contributed by atoms with Gasteiger partial charge in [0.05, 0.1) is 5.69 Å². The maximum atomic E-state index is 12.0. The molecule has 160 valence electrons. The molecule has 5 nitrogen and oxygen atoms in total. The van der Waals surface area contributed by atoms with Crippen molar-refractivity contribution in [2.75, 3.05) is 38.0 Å². The molecule has 0 bridgehead atoms. The summed E-state index contributed by atoms with van der Waals surface area (Å²) < 4.78 is 2.07. The van der Waals surface area contributed by atoms with Crippen molar-refractivity contribution < 1.29 is 14.2 Å². The van der Waals surface area contributed by atoms with E-state index in [1.54, 1.807) is 0 Å². The van der Waals surface area contributed by atoms with Gasteiger partial charge in [0, 0.05) is 44.1 Å². The summed E-state index contributed by atoms with van der Waals surface area (Å²) in [6.07, 6.45) is 11.0. The Labute approximate surface area is 188 Å². The molecule has 0 N–H and O–H groups in total. The van der Waals surface area contributed by atoms with Gasteiger partial charge in [0.25, 0.3) is 11.8 Å². The minimum atomic E-state index is -0.314. The zero-order valence-electron chi connectivity index (χ0n) is 18.7. The molecule has 1 aliphatic carbocycles. The molecular formula is C27H26N3O2+. The molecule has 0 radical (unpaired) electrons. The first-order chi connectivity index (χ1) is 15.3. The van der Waals surface area contributed by atoms with Crippen LogP contribution in [0.4, 0.5) is 11.4 Å². The summed E-state index contributed by atoms with van der Waals surface area (Å²) in [6, 6.07) is 16.0. The van der Waals surface area contributed by atoms with E-state index in [1.807, 2.05) is 52.5 Å². The fourth-order valence-electron chi connectivity index (χ4n) is 3.78. The molecule has 2 aromatic carbocycles. The van der Waals surface area contributed by atoms with Gasteiger partial charge >= 0.3 is 0 Å². The molecule has 4 rings (SSSR count). The molecule has 1 heterocycles. The Bertz CT molecular complexity index is 1180. The minimum absolute atomic E-state index is 0.314. The summed E-state index contributed by atoms with van der Waals surface area (Å²) >= 11 is 0. The summed E-state index contributed by atoms with van der Waals surface area (Å²) in [6.45, 7) is 0. The van der Waals surface area contributed by atoms with Gasteiger partial charge in [-0.25, -0.2) is 9.48 Å². The molecule has 0 aromatic heterocycles. The van der Waals surface area contributed by atoms with E-state index in [1.165, 1.54) is 17.1 Å². The monoisotopic (exact) mass is 424 g/mol. The van der Waals surface area contributed by atoms with Crippen molar-refractivity contribution in [3.63, 3.8) is 0 Å². The molecule has 2 amide bonds. The summed E-state index contributed by atoms with van der Waals surface area (Å²) in [5, 5.41) is 0. The lowest BCUT2D eigenvalue weighted by molar-refractivity contribution is -0.462. The van der Waals surface area contributed by atoms with Crippen LogP contribution in [0.5, 0.6) is 0 Å². The van der Waals surface area contributed by atoms with Gasteiger partial charge in [-0.1, -0.05) is 24.3 Å². The van der Waals surface area contributed by atoms with Crippen molar-refractivity contribution in [1.29, 1.82) is 0 Å². The fraction of sp³-hybridized carbons (Fsp3) is 0.148. The van der Waals surface area contributed by atoms with Crippen LogP contribution in [0.15, 0.2) is 90.6 Å². The standard InChI is InChI=1S/C27H26N3O2/c1-28(2)22-11-5-19(6-12-22)27(20-7-13-23(14-8-20)29(3)4)21-9-15-24(16-10-21)30-25(31)17-18-26(30)32/h5-18H,1-4H3/q+1. The third-order valence-electron chi connectivity index (χ3n) is 5.57. The van der Waals surface area contributed by atoms with Crippen LogP contribution in [0.3, 0.4) is 0 Å². The van der Waals surface area contributed by atoms with Crippen LogP contribution in [-0.2, 0) is 9.59 Å². The van der Waals surface area contributed by atoms with Crippen molar-refractivity contribution in [1.82, 2.24) is 0 Å². The Hall–Kier alpha value is -3.99. The summed E-state index contributed by atoms with van der Waals surface area (Å²) in [5.41, 5.74) is 7.11. The number of benzene rings is 2. The van der Waals surface area contributed by atoms with Gasteiger partial charge in [-0.2, -0.15) is 0 Å². The number of amides is 2. The average molecular weight is 425 g/mol. The van der Waals surface area contributed by atoms with Gasteiger partial charge in [-0.3, -0.25) is 9.59 Å². The number of hydrogen-bond acceptors (Lipinski definition) is 3. The highest BCUT2D eigenvalue weighted by Crippen LogP contribution is 2.32. The molecule has 0 spiro atoms. The van der Waals surface area contributed by atoms with Crippen LogP contribution in [0, 0.1) is 0 Å². The Morgan fingerprint density at radius 2 is 1.22 bits per heavy atom. The number of imide groups is 1. The van der Waals surface area contributed by atoms with Crippen molar-refractivity contribution in [3.8, 4) is 0 Å². The highest BCUT2D eigenvalue weighted by molar-refractivity contribution is 6.28. The van der Waals surface area contributed by atoms with Crippen molar-refractivity contribution in [2.45, 2.75) is 0 Å². The smallest absolute Gasteiger partial charge is 0.258 e. The van der Waals surface area contributed by atoms with Crippen LogP contribution < -0.4 is 9.80 Å². The largest absolute Gasteiger partial charge is 0.378 e. The third kappa shape index (κ3) is 4.10.